The number of nitriles is 1. The van der Waals surface area contributed by atoms with E-state index in [9.17, 15) is 10.1 Å². The third kappa shape index (κ3) is 6.27. The standard InChI is InChI=1S/C24H17BrCl2N2O3/c1-31-23-11-16(4-9-22(23)32-14-15-2-5-18(25)6-3-15)10-17(13-28)24(30)29-19-7-8-20(26)21(27)12-19/h2-12H,14H2,1H3,(H,29,30)/b17-10+. The fraction of sp³-hybridized carbons (Fsp3) is 0.0833. The lowest BCUT2D eigenvalue weighted by Gasteiger charge is -2.12. The molecule has 3 aromatic rings. The van der Waals surface area contributed by atoms with Gasteiger partial charge in [-0.05, 0) is 59.7 Å². The topological polar surface area (TPSA) is 71.3 Å². The molecule has 5 nitrogen and oxygen atoms in total. The van der Waals surface area contributed by atoms with Gasteiger partial charge in [0, 0.05) is 10.2 Å². The molecule has 0 unspecified atom stereocenters. The molecule has 3 rings (SSSR count). The van der Waals surface area contributed by atoms with Gasteiger partial charge in [-0.25, -0.2) is 0 Å². The molecule has 0 radical (unpaired) electrons. The molecule has 0 atom stereocenters. The third-order valence-electron chi connectivity index (χ3n) is 4.35. The van der Waals surface area contributed by atoms with Crippen LogP contribution >= 0.6 is 39.1 Å². The van der Waals surface area contributed by atoms with Gasteiger partial charge < -0.3 is 14.8 Å². The summed E-state index contributed by atoms with van der Waals surface area (Å²) in [5.41, 5.74) is 1.96. The van der Waals surface area contributed by atoms with Crippen LogP contribution in [0, 0.1) is 11.3 Å². The Morgan fingerprint density at radius 2 is 1.81 bits per heavy atom. The summed E-state index contributed by atoms with van der Waals surface area (Å²) in [5.74, 6) is 0.463. The van der Waals surface area contributed by atoms with Crippen LogP contribution in [0.3, 0.4) is 0 Å². The third-order valence-corrected chi connectivity index (χ3v) is 5.62. The first-order chi connectivity index (χ1) is 15.4. The molecule has 0 aliphatic heterocycles. The largest absolute Gasteiger partial charge is 0.493 e. The normalized spacial score (nSPS) is 10.9. The molecule has 0 fully saturated rings. The highest BCUT2D eigenvalue weighted by atomic mass is 79.9. The Bertz CT molecular complexity index is 1200. The maximum atomic E-state index is 12.5. The lowest BCUT2D eigenvalue weighted by molar-refractivity contribution is -0.112. The Kier molecular flexibility index (Phi) is 8.18. The van der Waals surface area contributed by atoms with Crippen molar-refractivity contribution in [2.24, 2.45) is 0 Å². The van der Waals surface area contributed by atoms with Crippen molar-refractivity contribution in [3.8, 4) is 17.6 Å². The van der Waals surface area contributed by atoms with Gasteiger partial charge in [-0.1, -0.05) is 57.3 Å². The maximum absolute atomic E-state index is 12.5. The minimum atomic E-state index is -0.569. The van der Waals surface area contributed by atoms with Gasteiger partial charge >= 0.3 is 0 Å². The summed E-state index contributed by atoms with van der Waals surface area (Å²) in [6.07, 6.45) is 1.47. The minimum Gasteiger partial charge on any atom is -0.493 e. The molecule has 0 saturated heterocycles. The zero-order valence-corrected chi connectivity index (χ0v) is 20.0. The monoisotopic (exact) mass is 530 g/mol. The number of benzene rings is 3. The number of nitrogens with zero attached hydrogens (tertiary/aromatic N) is 1. The predicted molar refractivity (Wildman–Crippen MR) is 130 cm³/mol. The van der Waals surface area contributed by atoms with Gasteiger partial charge in [-0.15, -0.1) is 0 Å². The molecular formula is C24H17BrCl2N2O3. The van der Waals surface area contributed by atoms with Crippen LogP contribution < -0.4 is 14.8 Å². The number of hydrogen-bond donors (Lipinski definition) is 1. The highest BCUT2D eigenvalue weighted by molar-refractivity contribution is 9.10. The lowest BCUT2D eigenvalue weighted by atomic mass is 10.1. The first kappa shape index (κ1) is 23.7. The fourth-order valence-corrected chi connectivity index (χ4v) is 3.28. The molecule has 0 bridgehead atoms. The molecule has 0 aliphatic carbocycles. The van der Waals surface area contributed by atoms with Crippen LogP contribution in [0.4, 0.5) is 5.69 Å². The second kappa shape index (κ2) is 11.1. The Morgan fingerprint density at radius 3 is 2.47 bits per heavy atom. The number of nitrogens with one attached hydrogen (secondary N) is 1. The van der Waals surface area contributed by atoms with E-state index in [-0.39, 0.29) is 5.57 Å². The molecule has 162 valence electrons. The number of hydrogen-bond acceptors (Lipinski definition) is 4. The summed E-state index contributed by atoms with van der Waals surface area (Å²) in [7, 11) is 1.53. The van der Waals surface area contributed by atoms with E-state index >= 15 is 0 Å². The average Bonchev–Trinajstić information content (AvgIpc) is 2.79. The van der Waals surface area contributed by atoms with Crippen LogP contribution in [-0.2, 0) is 11.4 Å². The van der Waals surface area contributed by atoms with E-state index in [2.05, 4.69) is 21.2 Å². The number of anilines is 1. The summed E-state index contributed by atoms with van der Waals surface area (Å²) >= 11 is 15.3. The molecule has 0 heterocycles. The van der Waals surface area contributed by atoms with Gasteiger partial charge in [0.1, 0.15) is 18.2 Å². The van der Waals surface area contributed by atoms with E-state index in [1.165, 1.54) is 19.3 Å². The predicted octanol–water partition coefficient (Wildman–Crippen LogP) is 6.89. The van der Waals surface area contributed by atoms with Gasteiger partial charge in [-0.3, -0.25) is 4.79 Å². The lowest BCUT2D eigenvalue weighted by Crippen LogP contribution is -2.13. The Hall–Kier alpha value is -2.98. The Labute approximate surface area is 204 Å². The first-order valence-electron chi connectivity index (χ1n) is 9.33. The quantitative estimate of drug-likeness (QED) is 0.266. The van der Waals surface area contributed by atoms with Crippen LogP contribution in [0.25, 0.3) is 6.08 Å². The number of carbonyl (C=O) groups excluding carboxylic acids is 1. The van der Waals surface area contributed by atoms with Crippen molar-refractivity contribution in [3.63, 3.8) is 0 Å². The van der Waals surface area contributed by atoms with E-state index in [1.807, 2.05) is 30.3 Å². The molecule has 0 aromatic heterocycles. The smallest absolute Gasteiger partial charge is 0.266 e. The van der Waals surface area contributed by atoms with Crippen LogP contribution in [0.2, 0.25) is 10.0 Å². The zero-order chi connectivity index (χ0) is 23.1. The van der Waals surface area contributed by atoms with Crippen LogP contribution in [-0.4, -0.2) is 13.0 Å². The maximum Gasteiger partial charge on any atom is 0.266 e. The summed E-state index contributed by atoms with van der Waals surface area (Å²) in [4.78, 5) is 12.5. The molecule has 1 amide bonds. The minimum absolute atomic E-state index is 0.0818. The Morgan fingerprint density at radius 1 is 1.06 bits per heavy atom. The van der Waals surface area contributed by atoms with Gasteiger partial charge in [0.2, 0.25) is 0 Å². The number of ether oxygens (including phenoxy) is 2. The number of carbonyl (C=O) groups is 1. The second-order valence-corrected chi connectivity index (χ2v) is 8.31. The number of methoxy groups -OCH3 is 1. The van der Waals surface area contributed by atoms with Crippen molar-refractivity contribution in [1.29, 1.82) is 5.26 Å². The first-order valence-corrected chi connectivity index (χ1v) is 10.9. The van der Waals surface area contributed by atoms with Gasteiger partial charge in [0.15, 0.2) is 11.5 Å². The van der Waals surface area contributed by atoms with E-state index in [4.69, 9.17) is 32.7 Å². The van der Waals surface area contributed by atoms with E-state index in [0.29, 0.717) is 39.4 Å². The molecule has 0 aliphatic rings. The summed E-state index contributed by atoms with van der Waals surface area (Å²) in [5, 5.41) is 12.8. The van der Waals surface area contributed by atoms with Crippen LogP contribution in [0.15, 0.2) is 70.7 Å². The van der Waals surface area contributed by atoms with Crippen molar-refractivity contribution in [3.05, 3.63) is 91.9 Å². The van der Waals surface area contributed by atoms with Crippen molar-refractivity contribution in [2.75, 3.05) is 12.4 Å². The van der Waals surface area contributed by atoms with Gasteiger partial charge in [0.05, 0.1) is 17.2 Å². The summed E-state index contributed by atoms with van der Waals surface area (Å²) in [6.45, 7) is 0.369. The summed E-state index contributed by atoms with van der Waals surface area (Å²) in [6, 6.07) is 19.5. The van der Waals surface area contributed by atoms with E-state index in [0.717, 1.165) is 10.0 Å². The van der Waals surface area contributed by atoms with Crippen LogP contribution in [0.1, 0.15) is 11.1 Å². The van der Waals surface area contributed by atoms with Crippen molar-refractivity contribution < 1.29 is 14.3 Å². The van der Waals surface area contributed by atoms with Crippen molar-refractivity contribution >= 4 is 56.8 Å². The highest BCUT2D eigenvalue weighted by Gasteiger charge is 2.12. The molecule has 3 aromatic carbocycles. The molecular weight excluding hydrogens is 515 g/mol. The highest BCUT2D eigenvalue weighted by Crippen LogP contribution is 2.30. The van der Waals surface area contributed by atoms with Crippen molar-refractivity contribution in [2.45, 2.75) is 6.61 Å². The van der Waals surface area contributed by atoms with E-state index < -0.39 is 5.91 Å². The second-order valence-electron chi connectivity index (χ2n) is 6.58. The fourth-order valence-electron chi connectivity index (χ4n) is 2.72. The molecule has 0 spiro atoms. The summed E-state index contributed by atoms with van der Waals surface area (Å²) < 4.78 is 12.3. The molecule has 1 N–H and O–H groups in total. The average molecular weight is 532 g/mol. The van der Waals surface area contributed by atoms with Crippen LogP contribution in [0.5, 0.6) is 11.5 Å². The SMILES string of the molecule is COc1cc(/C=C(\C#N)C(=O)Nc2ccc(Cl)c(Cl)c2)ccc1OCc1ccc(Br)cc1. The number of amides is 1. The number of halogens is 3. The Balaban J connectivity index is 1.75. The van der Waals surface area contributed by atoms with Gasteiger partial charge in [-0.2, -0.15) is 5.26 Å². The van der Waals surface area contributed by atoms with E-state index in [1.54, 1.807) is 30.3 Å². The van der Waals surface area contributed by atoms with Gasteiger partial charge in [0.25, 0.3) is 5.91 Å². The number of rotatable bonds is 7. The van der Waals surface area contributed by atoms with Crippen molar-refractivity contribution in [1.82, 2.24) is 0 Å². The zero-order valence-electron chi connectivity index (χ0n) is 16.9. The molecule has 0 saturated carbocycles. The molecule has 8 heteroatoms. The molecule has 32 heavy (non-hydrogen) atoms.